The minimum atomic E-state index is -0.0949. The summed E-state index contributed by atoms with van der Waals surface area (Å²) >= 11 is 1.88. The molecule has 2 aliphatic carbocycles. The van der Waals surface area contributed by atoms with Crippen molar-refractivity contribution in [1.82, 2.24) is 0 Å². The van der Waals surface area contributed by atoms with Gasteiger partial charge in [-0.3, -0.25) is 0 Å². The normalized spacial score (nSPS) is 14.9. The van der Waals surface area contributed by atoms with Crippen molar-refractivity contribution in [3.8, 4) is 33.4 Å². The van der Waals surface area contributed by atoms with Gasteiger partial charge in [-0.25, -0.2) is 0 Å². The summed E-state index contributed by atoms with van der Waals surface area (Å²) in [5.74, 6) is 0. The van der Waals surface area contributed by atoms with Gasteiger partial charge in [0.25, 0.3) is 0 Å². The van der Waals surface area contributed by atoms with E-state index in [1.807, 2.05) is 11.3 Å². The summed E-state index contributed by atoms with van der Waals surface area (Å²) in [6.07, 6.45) is 0. The van der Waals surface area contributed by atoms with Crippen LogP contribution in [0.15, 0.2) is 152 Å². The smallest absolute Gasteiger partial charge is 0.0543 e. The molecule has 1 nitrogen and oxygen atoms in total. The number of anilines is 3. The van der Waals surface area contributed by atoms with Gasteiger partial charge in [-0.05, 0) is 165 Å². The van der Waals surface area contributed by atoms with Crippen molar-refractivity contribution in [2.24, 2.45) is 0 Å². The summed E-state index contributed by atoms with van der Waals surface area (Å²) in [5.41, 5.74) is 16.7. The zero-order valence-electron chi connectivity index (χ0n) is 42.2. The largest absolute Gasteiger partial charge is 0.309 e. The average molecular weight is 1490 g/mol. The zero-order chi connectivity index (χ0) is 54.7. The van der Waals surface area contributed by atoms with Gasteiger partial charge in [0.15, 0.2) is 0 Å². The number of hydrogen-bond acceptors (Lipinski definition) is 2. The van der Waals surface area contributed by atoms with Crippen LogP contribution in [0.3, 0.4) is 0 Å². The maximum absolute atomic E-state index is 3.29. The number of nitrogens with zero attached hydrogens (tertiary/aromatic N) is 1. The molecule has 0 aliphatic heterocycles. The van der Waals surface area contributed by atoms with E-state index in [4.69, 9.17) is 0 Å². The van der Waals surface area contributed by atoms with Gasteiger partial charge >= 0.3 is 0 Å². The van der Waals surface area contributed by atoms with E-state index in [9.17, 15) is 0 Å². The van der Waals surface area contributed by atoms with Crippen molar-refractivity contribution in [3.05, 3.63) is 174 Å². The van der Waals surface area contributed by atoms with Gasteiger partial charge in [0.1, 0.15) is 0 Å². The fourth-order valence-corrected chi connectivity index (χ4v) is 346. The highest BCUT2D eigenvalue weighted by molar-refractivity contribution is 9.41. The van der Waals surface area contributed by atoms with E-state index >= 15 is 0 Å². The third-order valence-electron chi connectivity index (χ3n) is 13.6. The molecule has 15 unspecified atom stereocenters. The lowest BCUT2D eigenvalue weighted by Gasteiger charge is -2.50. The van der Waals surface area contributed by atoms with Crippen molar-refractivity contribution >= 4 is 257 Å². The molecule has 10 rings (SSSR count). The van der Waals surface area contributed by atoms with E-state index in [0.717, 1.165) is 5.69 Å². The zero-order valence-corrected chi connectivity index (χ0v) is 70.0. The minimum absolute atomic E-state index is 0.0193. The first-order valence-corrected chi connectivity index (χ1v) is 70.8. The summed E-state index contributed by atoms with van der Waals surface area (Å²) < 4.78 is 2.66. The molecule has 0 saturated carbocycles. The lowest BCUT2D eigenvalue weighted by molar-refractivity contribution is 0.660. The second-order valence-electron chi connectivity index (χ2n) is 18.9. The van der Waals surface area contributed by atoms with Crippen LogP contribution in [-0.2, 0) is 10.8 Å². The quantitative estimate of drug-likeness (QED) is 0.0925. The third kappa shape index (κ3) is 13.7. The molecular formula is C48H65NP26S. The van der Waals surface area contributed by atoms with E-state index in [-0.39, 0.29) is 94.7 Å². The van der Waals surface area contributed by atoms with Crippen molar-refractivity contribution in [3.63, 3.8) is 0 Å². The summed E-state index contributed by atoms with van der Waals surface area (Å²) in [7, 11) is 45.3. The summed E-state index contributed by atoms with van der Waals surface area (Å²) in [6.45, 7) is 9.69. The molecule has 0 fully saturated rings. The lowest BCUT2D eigenvalue weighted by Crippen LogP contribution is -2.17. The van der Waals surface area contributed by atoms with Gasteiger partial charge in [-0.2, -0.15) is 0 Å². The molecule has 76 heavy (non-hydrogen) atoms. The van der Waals surface area contributed by atoms with E-state index in [1.165, 1.54) is 87.2 Å². The minimum Gasteiger partial charge on any atom is -0.309 e. The first-order chi connectivity index (χ1) is 36.1. The molecule has 0 radical (unpaired) electrons. The Hall–Kier alpha value is 5.74. The Kier molecular flexibility index (Phi) is 25.0. The molecule has 28 heteroatoms. The topological polar surface area (TPSA) is 3.24 Å². The van der Waals surface area contributed by atoms with Crippen LogP contribution >= 0.6 is 220 Å². The highest BCUT2D eigenvalue weighted by atomic mass is 33.5. The highest BCUT2D eigenvalue weighted by Gasteiger charge is 2.48. The fraction of sp³-hybridized carbons (Fsp3) is 0.125. The Morgan fingerprint density at radius 1 is 0.342 bits per heavy atom. The molecule has 15 atom stereocenters. The van der Waals surface area contributed by atoms with Crippen LogP contribution in [0.4, 0.5) is 17.1 Å². The molecule has 0 N–H and O–H groups in total. The summed E-state index contributed by atoms with van der Waals surface area (Å²) in [5, 5.41) is 2.66. The molecule has 7 aromatic carbocycles. The van der Waals surface area contributed by atoms with Crippen LogP contribution in [0.5, 0.6) is 0 Å². The summed E-state index contributed by atoms with van der Waals surface area (Å²) in [4.78, 5) is 2.55. The van der Waals surface area contributed by atoms with Gasteiger partial charge in [0.05, 0.1) is 11.4 Å². The van der Waals surface area contributed by atoms with Gasteiger partial charge in [-0.1, -0.05) is 143 Å². The first kappa shape index (κ1) is 66.2. The van der Waals surface area contributed by atoms with E-state index in [2.05, 4.69) is 309 Å². The van der Waals surface area contributed by atoms with Crippen LogP contribution in [0.1, 0.15) is 49.9 Å². The average Bonchev–Trinajstić information content (AvgIpc) is 3.99. The molecule has 0 amide bonds. The van der Waals surface area contributed by atoms with Crippen molar-refractivity contribution in [1.29, 1.82) is 0 Å². The Labute approximate surface area is 503 Å². The molecule has 2 aliphatic rings. The second kappa shape index (κ2) is 28.7. The maximum Gasteiger partial charge on any atom is 0.0543 e. The van der Waals surface area contributed by atoms with E-state index in [0.29, 0.717) is 0 Å². The molecule has 1 heterocycles. The number of hydrogen-bond donors (Lipinski definition) is 0. The van der Waals surface area contributed by atoms with Gasteiger partial charge in [0.2, 0.25) is 0 Å². The maximum atomic E-state index is 3.29. The number of rotatable bonds is 15. The molecule has 1 aromatic heterocycles. The van der Waals surface area contributed by atoms with Crippen LogP contribution in [0.25, 0.3) is 53.6 Å². The van der Waals surface area contributed by atoms with Gasteiger partial charge in [0, 0.05) is 47.8 Å². The molecule has 398 valence electrons. The van der Waals surface area contributed by atoms with Crippen LogP contribution in [0.2, 0.25) is 0 Å². The van der Waals surface area contributed by atoms with E-state index in [1.54, 1.807) is 0 Å². The highest BCUT2D eigenvalue weighted by Crippen LogP contribution is 3.35. The molecular weight excluding hydrogens is 1430 g/mol. The Balaban J connectivity index is 0.000000233. The van der Waals surface area contributed by atoms with Crippen LogP contribution < -0.4 is 4.90 Å². The number of fused-ring (bicyclic) bond motifs is 9. The van der Waals surface area contributed by atoms with Crippen molar-refractivity contribution in [2.45, 2.75) is 38.5 Å². The van der Waals surface area contributed by atoms with Crippen LogP contribution in [-0.4, -0.2) is 0 Å². The van der Waals surface area contributed by atoms with Gasteiger partial charge < -0.3 is 4.90 Å². The number of thiophene rings is 1. The predicted octanol–water partition coefficient (Wildman–Crippen LogP) is 28.7. The molecule has 0 spiro atoms. The standard InChI is InChI=1S/C48H37NS.H28P26/c1-47(2)37-19-8-5-17-35(37)45-39(47)21-12-23-41(45)49(42-24-13-22-40-46(42)36-18-6-9-20-38(36)48(40,3)4)32-15-11-14-30(28-32)31-26-27-34-33-16-7-10-25-43(33)50-44(34)29-31;1-15(2)22(16(3)4)25(21(13)14)26(23(17(5)6)18(7)8)24(19(9)10)20(11)12/h5-29H,1-4H3;1-14H2. The molecule has 0 saturated heterocycles. The SMILES string of the molecule is CC1(C)c2ccccc2-c2c(N(c3cccc(-c4ccc5c(c4)sc4ccccc45)c3)c3cccc4c3-c3ccccc3C4(C)C)cccc21.PP(P)P(P(P)P)P(P(P)P)P(P(P(P)P)P(P)P)P(P(P)P)P(P)P. The monoisotopic (exact) mass is 1490 g/mol. The second-order valence-corrected chi connectivity index (χ2v) is 124. The Morgan fingerprint density at radius 3 is 1.22 bits per heavy atom. The molecule has 8 aromatic rings. The first-order valence-electron chi connectivity index (χ1n) is 23.4. The summed E-state index contributed by atoms with van der Waals surface area (Å²) in [6, 6.07) is 56.7. The van der Waals surface area contributed by atoms with E-state index < -0.39 is 0 Å². The third-order valence-corrected chi connectivity index (χ3v) is 182. The van der Waals surface area contributed by atoms with Gasteiger partial charge in [-0.15, -0.1) is 136 Å². The Morgan fingerprint density at radius 2 is 0.737 bits per heavy atom. The lowest BCUT2D eigenvalue weighted by atomic mass is 9.82. The van der Waals surface area contributed by atoms with Crippen molar-refractivity contribution in [2.75, 3.05) is 4.90 Å². The van der Waals surface area contributed by atoms with Crippen molar-refractivity contribution < 1.29 is 0 Å². The predicted molar refractivity (Wildman–Crippen MR) is 434 cm³/mol. The Bertz CT molecular complexity index is 3230. The number of benzene rings is 7. The van der Waals surface area contributed by atoms with Crippen LogP contribution in [0, 0.1) is 0 Å². The molecule has 0 bridgehead atoms. The fourth-order valence-electron chi connectivity index (χ4n) is 10.4.